The van der Waals surface area contributed by atoms with Crippen LogP contribution in [0.4, 0.5) is 0 Å². The summed E-state index contributed by atoms with van der Waals surface area (Å²) in [6.45, 7) is 5.97. The number of rotatable bonds is 9. The molecule has 2 rings (SSSR count). The Bertz CT molecular complexity index is 760. The highest BCUT2D eigenvalue weighted by atomic mass is 16.5. The molecule has 0 aromatic heterocycles. The Labute approximate surface area is 161 Å². The van der Waals surface area contributed by atoms with Crippen molar-refractivity contribution in [2.24, 2.45) is 0 Å². The number of amides is 1. The molecule has 146 valence electrons. The van der Waals surface area contributed by atoms with E-state index in [9.17, 15) is 4.79 Å². The summed E-state index contributed by atoms with van der Waals surface area (Å²) < 4.78 is 16.6. The predicted molar refractivity (Wildman–Crippen MR) is 107 cm³/mol. The number of carbonyl (C=O) groups is 1. The van der Waals surface area contributed by atoms with Gasteiger partial charge in [-0.25, -0.2) is 0 Å². The van der Waals surface area contributed by atoms with Crippen LogP contribution in [-0.2, 0) is 4.79 Å². The van der Waals surface area contributed by atoms with Gasteiger partial charge in [0.1, 0.15) is 5.75 Å². The molecule has 27 heavy (non-hydrogen) atoms. The van der Waals surface area contributed by atoms with E-state index in [1.54, 1.807) is 20.3 Å². The Hall–Kier alpha value is -2.69. The summed E-state index contributed by atoms with van der Waals surface area (Å²) in [7, 11) is 3.24. The Kier molecular flexibility index (Phi) is 7.53. The maximum atomic E-state index is 12.8. The molecule has 2 aromatic rings. The minimum absolute atomic E-state index is 0.0857. The fourth-order valence-corrected chi connectivity index (χ4v) is 3.00. The van der Waals surface area contributed by atoms with Crippen molar-refractivity contribution >= 4 is 5.91 Å². The molecule has 1 amide bonds. The summed E-state index contributed by atoms with van der Waals surface area (Å²) in [6.07, 6.45) is 0.750. The molecular formula is C22H29NO4. The van der Waals surface area contributed by atoms with Gasteiger partial charge in [0.2, 0.25) is 0 Å². The Morgan fingerprint density at radius 2 is 1.63 bits per heavy atom. The molecular weight excluding hydrogens is 342 g/mol. The van der Waals surface area contributed by atoms with Crippen LogP contribution in [0.1, 0.15) is 43.9 Å². The predicted octanol–water partition coefficient (Wildman–Crippen LogP) is 4.44. The van der Waals surface area contributed by atoms with Gasteiger partial charge in [-0.15, -0.1) is 0 Å². The summed E-state index contributed by atoms with van der Waals surface area (Å²) in [6, 6.07) is 13.2. The molecule has 0 saturated heterocycles. The van der Waals surface area contributed by atoms with Crippen LogP contribution in [0.5, 0.6) is 17.2 Å². The highest BCUT2D eigenvalue weighted by molar-refractivity contribution is 5.81. The molecule has 0 aliphatic rings. The van der Waals surface area contributed by atoms with Gasteiger partial charge in [0.25, 0.3) is 5.91 Å². The van der Waals surface area contributed by atoms with Crippen LogP contribution in [0.25, 0.3) is 0 Å². The number of aryl methyl sites for hydroxylation is 1. The fourth-order valence-electron chi connectivity index (χ4n) is 3.00. The number of nitrogens with one attached hydrogen (secondary N) is 1. The Morgan fingerprint density at radius 3 is 2.19 bits per heavy atom. The fraction of sp³-hybridized carbons (Fsp3) is 0.409. The third-order valence-corrected chi connectivity index (χ3v) is 4.55. The van der Waals surface area contributed by atoms with Crippen molar-refractivity contribution in [1.82, 2.24) is 5.32 Å². The first-order chi connectivity index (χ1) is 13.0. The molecule has 0 heterocycles. The SMILES string of the molecule is CC[C@H](Oc1ccccc1OC)C(=O)N[C@@H](CC)c1ccc(OC)c(C)c1. The van der Waals surface area contributed by atoms with Crippen molar-refractivity contribution in [1.29, 1.82) is 0 Å². The number of para-hydroxylation sites is 2. The van der Waals surface area contributed by atoms with Crippen molar-refractivity contribution in [3.63, 3.8) is 0 Å². The molecule has 0 bridgehead atoms. The first-order valence-electron chi connectivity index (χ1n) is 9.28. The third kappa shape index (κ3) is 5.16. The number of ether oxygens (including phenoxy) is 3. The van der Waals surface area contributed by atoms with Crippen LogP contribution in [-0.4, -0.2) is 26.2 Å². The third-order valence-electron chi connectivity index (χ3n) is 4.55. The van der Waals surface area contributed by atoms with Gasteiger partial charge in [0.15, 0.2) is 17.6 Å². The average Bonchev–Trinajstić information content (AvgIpc) is 2.70. The van der Waals surface area contributed by atoms with Crippen molar-refractivity contribution in [3.8, 4) is 17.2 Å². The highest BCUT2D eigenvalue weighted by Gasteiger charge is 2.23. The van der Waals surface area contributed by atoms with Crippen LogP contribution >= 0.6 is 0 Å². The van der Waals surface area contributed by atoms with Crippen molar-refractivity contribution in [2.75, 3.05) is 14.2 Å². The minimum atomic E-state index is -0.588. The molecule has 0 aliphatic carbocycles. The lowest BCUT2D eigenvalue weighted by Crippen LogP contribution is -2.40. The molecule has 2 aromatic carbocycles. The normalized spacial score (nSPS) is 12.8. The van der Waals surface area contributed by atoms with Crippen LogP contribution in [0.2, 0.25) is 0 Å². The van der Waals surface area contributed by atoms with E-state index in [1.807, 2.05) is 51.1 Å². The smallest absolute Gasteiger partial charge is 0.261 e. The molecule has 0 fully saturated rings. The molecule has 5 heteroatoms. The summed E-state index contributed by atoms with van der Waals surface area (Å²) in [5.74, 6) is 1.88. The second-order valence-electron chi connectivity index (χ2n) is 6.36. The van der Waals surface area contributed by atoms with E-state index in [2.05, 4.69) is 11.4 Å². The van der Waals surface area contributed by atoms with Crippen LogP contribution in [0.3, 0.4) is 0 Å². The monoisotopic (exact) mass is 371 g/mol. The largest absolute Gasteiger partial charge is 0.496 e. The molecule has 2 atom stereocenters. The lowest BCUT2D eigenvalue weighted by Gasteiger charge is -2.23. The first-order valence-corrected chi connectivity index (χ1v) is 9.28. The van der Waals surface area contributed by atoms with E-state index in [-0.39, 0.29) is 11.9 Å². The van der Waals surface area contributed by atoms with E-state index in [1.165, 1.54) is 0 Å². The van der Waals surface area contributed by atoms with Gasteiger partial charge in [-0.05, 0) is 49.1 Å². The summed E-state index contributed by atoms with van der Waals surface area (Å²) in [5.41, 5.74) is 2.09. The molecule has 0 radical (unpaired) electrons. The number of hydrogen-bond donors (Lipinski definition) is 1. The first kappa shape index (κ1) is 20.6. The van der Waals surface area contributed by atoms with Gasteiger partial charge < -0.3 is 19.5 Å². The second-order valence-corrected chi connectivity index (χ2v) is 6.36. The zero-order valence-corrected chi connectivity index (χ0v) is 16.7. The Morgan fingerprint density at radius 1 is 0.963 bits per heavy atom. The number of carbonyl (C=O) groups excluding carboxylic acids is 1. The second kappa shape index (κ2) is 9.86. The van der Waals surface area contributed by atoms with E-state index < -0.39 is 6.10 Å². The average molecular weight is 371 g/mol. The quantitative estimate of drug-likeness (QED) is 0.708. The zero-order valence-electron chi connectivity index (χ0n) is 16.7. The van der Waals surface area contributed by atoms with E-state index in [0.29, 0.717) is 17.9 Å². The molecule has 0 aliphatic heterocycles. The minimum Gasteiger partial charge on any atom is -0.496 e. The lowest BCUT2D eigenvalue weighted by atomic mass is 10.0. The maximum Gasteiger partial charge on any atom is 0.261 e. The van der Waals surface area contributed by atoms with Gasteiger partial charge in [-0.1, -0.05) is 38.1 Å². The summed E-state index contributed by atoms with van der Waals surface area (Å²) in [5, 5.41) is 3.11. The molecule has 0 unspecified atom stereocenters. The maximum absolute atomic E-state index is 12.8. The van der Waals surface area contributed by atoms with Gasteiger partial charge in [-0.2, -0.15) is 0 Å². The number of benzene rings is 2. The zero-order chi connectivity index (χ0) is 19.8. The van der Waals surface area contributed by atoms with Gasteiger partial charge in [0, 0.05) is 0 Å². The van der Waals surface area contributed by atoms with E-state index >= 15 is 0 Å². The van der Waals surface area contributed by atoms with Crippen molar-refractivity contribution in [3.05, 3.63) is 53.6 Å². The number of methoxy groups -OCH3 is 2. The number of hydrogen-bond acceptors (Lipinski definition) is 4. The van der Waals surface area contributed by atoms with Gasteiger partial charge >= 0.3 is 0 Å². The van der Waals surface area contributed by atoms with Gasteiger partial charge in [0.05, 0.1) is 20.3 Å². The highest BCUT2D eigenvalue weighted by Crippen LogP contribution is 2.28. The Balaban J connectivity index is 2.13. The molecule has 0 spiro atoms. The molecule has 5 nitrogen and oxygen atoms in total. The summed E-state index contributed by atoms with van der Waals surface area (Å²) in [4.78, 5) is 12.8. The standard InChI is InChI=1S/C22H29NO4/c1-6-17(16-12-13-19(25-4)15(3)14-16)23-22(24)18(7-2)27-21-11-9-8-10-20(21)26-5/h8-14,17-18H,6-7H2,1-5H3,(H,23,24)/t17-,18-/m0/s1. The molecule has 0 saturated carbocycles. The van der Waals surface area contributed by atoms with E-state index in [0.717, 1.165) is 23.3 Å². The molecule has 1 N–H and O–H groups in total. The van der Waals surface area contributed by atoms with E-state index in [4.69, 9.17) is 14.2 Å². The van der Waals surface area contributed by atoms with Crippen LogP contribution in [0.15, 0.2) is 42.5 Å². The van der Waals surface area contributed by atoms with Crippen LogP contribution < -0.4 is 19.5 Å². The van der Waals surface area contributed by atoms with Crippen molar-refractivity contribution < 1.29 is 19.0 Å². The van der Waals surface area contributed by atoms with Crippen LogP contribution in [0, 0.1) is 6.92 Å². The van der Waals surface area contributed by atoms with Gasteiger partial charge in [-0.3, -0.25) is 4.79 Å². The van der Waals surface area contributed by atoms with Crippen molar-refractivity contribution in [2.45, 2.75) is 45.8 Å². The topological polar surface area (TPSA) is 56.8 Å². The lowest BCUT2D eigenvalue weighted by molar-refractivity contribution is -0.129. The summed E-state index contributed by atoms with van der Waals surface area (Å²) >= 11 is 0.